The van der Waals surface area contributed by atoms with Crippen molar-refractivity contribution in [2.75, 3.05) is 13.2 Å². The monoisotopic (exact) mass is 221 g/mol. The van der Waals surface area contributed by atoms with E-state index in [0.717, 1.165) is 5.56 Å². The molecule has 0 spiro atoms. The Morgan fingerprint density at radius 3 is 2.38 bits per heavy atom. The van der Waals surface area contributed by atoms with E-state index in [9.17, 15) is 0 Å². The number of benzene rings is 1. The maximum Gasteiger partial charge on any atom is 0.184 e. The van der Waals surface area contributed by atoms with E-state index in [0.29, 0.717) is 13.2 Å². The summed E-state index contributed by atoms with van der Waals surface area (Å²) in [7, 11) is 0. The lowest BCUT2D eigenvalue weighted by Gasteiger charge is -2.17. The van der Waals surface area contributed by atoms with Gasteiger partial charge in [-0.1, -0.05) is 17.7 Å². The highest BCUT2D eigenvalue weighted by Gasteiger charge is 2.28. The van der Waals surface area contributed by atoms with Crippen molar-refractivity contribution >= 4 is 0 Å². The lowest BCUT2D eigenvalue weighted by atomic mass is 9.99. The number of hydrogen-bond acceptors (Lipinski definition) is 3. The van der Waals surface area contributed by atoms with Gasteiger partial charge in [-0.3, -0.25) is 0 Å². The predicted molar refractivity (Wildman–Crippen MR) is 63.3 cm³/mol. The Kier molecular flexibility index (Phi) is 3.28. The van der Waals surface area contributed by atoms with Crippen molar-refractivity contribution in [3.05, 3.63) is 34.4 Å². The first kappa shape index (κ1) is 11.6. The molecule has 16 heavy (non-hydrogen) atoms. The summed E-state index contributed by atoms with van der Waals surface area (Å²) in [6.07, 6.45) is -0.209. The van der Waals surface area contributed by atoms with Crippen LogP contribution in [0, 0.1) is 20.8 Å². The van der Waals surface area contributed by atoms with Crippen LogP contribution in [-0.4, -0.2) is 19.3 Å². The highest BCUT2D eigenvalue weighted by molar-refractivity contribution is 5.38. The Hall–Kier alpha value is -0.900. The van der Waals surface area contributed by atoms with Gasteiger partial charge in [0, 0.05) is 12.1 Å². The fraction of sp³-hybridized carbons (Fsp3) is 0.538. The number of nitrogens with two attached hydrogens (primary N) is 1. The molecule has 2 rings (SSSR count). The summed E-state index contributed by atoms with van der Waals surface area (Å²) < 4.78 is 11.4. The Bertz CT molecular complexity index is 367. The molecular weight excluding hydrogens is 202 g/mol. The van der Waals surface area contributed by atoms with E-state index in [1.807, 2.05) is 0 Å². The minimum atomic E-state index is -0.242. The van der Waals surface area contributed by atoms with Gasteiger partial charge in [0.05, 0.1) is 12.7 Å². The molecule has 1 saturated heterocycles. The van der Waals surface area contributed by atoms with Crippen molar-refractivity contribution in [3.8, 4) is 0 Å². The van der Waals surface area contributed by atoms with E-state index < -0.39 is 0 Å². The molecule has 2 N–H and O–H groups in total. The molecule has 88 valence electrons. The van der Waals surface area contributed by atoms with Crippen LogP contribution in [0.25, 0.3) is 0 Å². The van der Waals surface area contributed by atoms with Crippen LogP contribution in [0.15, 0.2) is 12.1 Å². The second kappa shape index (κ2) is 4.53. The molecule has 2 atom stereocenters. The summed E-state index contributed by atoms with van der Waals surface area (Å²) in [5.74, 6) is 0. The van der Waals surface area contributed by atoms with Crippen LogP contribution in [-0.2, 0) is 9.47 Å². The molecule has 3 nitrogen and oxygen atoms in total. The normalized spacial score (nSPS) is 25.0. The fourth-order valence-corrected chi connectivity index (χ4v) is 2.29. The number of hydrogen-bond donors (Lipinski definition) is 1. The molecular formula is C13H19NO2. The van der Waals surface area contributed by atoms with E-state index in [1.54, 1.807) is 0 Å². The minimum Gasteiger partial charge on any atom is -0.346 e. The highest BCUT2D eigenvalue weighted by Crippen LogP contribution is 2.31. The van der Waals surface area contributed by atoms with E-state index in [-0.39, 0.29) is 12.4 Å². The van der Waals surface area contributed by atoms with Gasteiger partial charge in [-0.15, -0.1) is 0 Å². The standard InChI is InChI=1S/C13H19NO2/c1-8-4-9(2)12(10(3)5-8)13-15-7-11(6-14)16-13/h4-5,11,13H,6-7,14H2,1-3H3. The van der Waals surface area contributed by atoms with Crippen LogP contribution in [0.2, 0.25) is 0 Å². The minimum absolute atomic E-state index is 0.0325. The van der Waals surface area contributed by atoms with Crippen molar-refractivity contribution in [1.82, 2.24) is 0 Å². The van der Waals surface area contributed by atoms with Gasteiger partial charge in [0.25, 0.3) is 0 Å². The van der Waals surface area contributed by atoms with Crippen LogP contribution < -0.4 is 5.73 Å². The first-order valence-electron chi connectivity index (χ1n) is 5.66. The largest absolute Gasteiger partial charge is 0.346 e. The van der Waals surface area contributed by atoms with E-state index in [2.05, 4.69) is 32.9 Å². The molecule has 0 bridgehead atoms. The average molecular weight is 221 g/mol. The second-order valence-corrected chi connectivity index (χ2v) is 4.47. The third kappa shape index (κ3) is 2.12. The van der Waals surface area contributed by atoms with Gasteiger partial charge < -0.3 is 15.2 Å². The van der Waals surface area contributed by atoms with Gasteiger partial charge in [0.2, 0.25) is 0 Å². The zero-order valence-corrected chi connectivity index (χ0v) is 10.1. The average Bonchev–Trinajstić information content (AvgIpc) is 2.64. The molecule has 3 heteroatoms. The predicted octanol–water partition coefficient (Wildman–Crippen LogP) is 1.98. The third-order valence-electron chi connectivity index (χ3n) is 2.99. The smallest absolute Gasteiger partial charge is 0.184 e. The molecule has 1 aliphatic rings. The van der Waals surface area contributed by atoms with E-state index in [4.69, 9.17) is 15.2 Å². The first-order chi connectivity index (χ1) is 7.61. The lowest BCUT2D eigenvalue weighted by Crippen LogP contribution is -2.21. The van der Waals surface area contributed by atoms with Crippen LogP contribution >= 0.6 is 0 Å². The fourth-order valence-electron chi connectivity index (χ4n) is 2.29. The topological polar surface area (TPSA) is 44.5 Å². The zero-order chi connectivity index (χ0) is 11.7. The number of aryl methyl sites for hydroxylation is 3. The first-order valence-corrected chi connectivity index (χ1v) is 5.66. The zero-order valence-electron chi connectivity index (χ0n) is 10.1. The van der Waals surface area contributed by atoms with Crippen LogP contribution in [0.4, 0.5) is 0 Å². The van der Waals surface area contributed by atoms with Gasteiger partial charge in [0.15, 0.2) is 6.29 Å². The molecule has 1 heterocycles. The molecule has 0 radical (unpaired) electrons. The van der Waals surface area contributed by atoms with Crippen molar-refractivity contribution in [2.24, 2.45) is 5.73 Å². The third-order valence-corrected chi connectivity index (χ3v) is 2.99. The van der Waals surface area contributed by atoms with Crippen molar-refractivity contribution in [1.29, 1.82) is 0 Å². The molecule has 0 aromatic heterocycles. The van der Waals surface area contributed by atoms with Crippen LogP contribution in [0.5, 0.6) is 0 Å². The molecule has 0 saturated carbocycles. The van der Waals surface area contributed by atoms with E-state index >= 15 is 0 Å². The molecule has 1 fully saturated rings. The van der Waals surface area contributed by atoms with Gasteiger partial charge in [-0.2, -0.15) is 0 Å². The lowest BCUT2D eigenvalue weighted by molar-refractivity contribution is -0.0593. The second-order valence-electron chi connectivity index (χ2n) is 4.47. The maximum atomic E-state index is 5.75. The quantitative estimate of drug-likeness (QED) is 0.830. The van der Waals surface area contributed by atoms with Gasteiger partial charge >= 0.3 is 0 Å². The Morgan fingerprint density at radius 2 is 1.88 bits per heavy atom. The van der Waals surface area contributed by atoms with Crippen LogP contribution in [0.3, 0.4) is 0 Å². The molecule has 0 amide bonds. The summed E-state index contributed by atoms with van der Waals surface area (Å²) in [6.45, 7) is 7.40. The summed E-state index contributed by atoms with van der Waals surface area (Å²) >= 11 is 0. The Morgan fingerprint density at radius 1 is 1.25 bits per heavy atom. The Balaban J connectivity index is 2.28. The number of rotatable bonds is 2. The maximum absolute atomic E-state index is 5.75. The number of ether oxygens (including phenoxy) is 2. The summed E-state index contributed by atoms with van der Waals surface area (Å²) in [5, 5.41) is 0. The molecule has 1 aromatic rings. The van der Waals surface area contributed by atoms with E-state index in [1.165, 1.54) is 16.7 Å². The summed E-state index contributed by atoms with van der Waals surface area (Å²) in [5.41, 5.74) is 10.4. The van der Waals surface area contributed by atoms with Crippen molar-refractivity contribution in [2.45, 2.75) is 33.2 Å². The van der Waals surface area contributed by atoms with Crippen molar-refractivity contribution < 1.29 is 9.47 Å². The molecule has 2 unspecified atom stereocenters. The molecule has 1 aromatic carbocycles. The van der Waals surface area contributed by atoms with Gasteiger partial charge in [-0.05, 0) is 31.9 Å². The summed E-state index contributed by atoms with van der Waals surface area (Å²) in [4.78, 5) is 0. The van der Waals surface area contributed by atoms with Gasteiger partial charge in [-0.25, -0.2) is 0 Å². The Labute approximate surface area is 96.5 Å². The van der Waals surface area contributed by atoms with Crippen LogP contribution in [0.1, 0.15) is 28.5 Å². The van der Waals surface area contributed by atoms with Crippen molar-refractivity contribution in [3.63, 3.8) is 0 Å². The summed E-state index contributed by atoms with van der Waals surface area (Å²) in [6, 6.07) is 4.32. The highest BCUT2D eigenvalue weighted by atomic mass is 16.7. The van der Waals surface area contributed by atoms with Gasteiger partial charge in [0.1, 0.15) is 0 Å². The SMILES string of the molecule is Cc1cc(C)c(C2OCC(CN)O2)c(C)c1. The molecule has 0 aliphatic carbocycles. The molecule has 1 aliphatic heterocycles.